The standard InChI is InChI=1S/C24H30N8O2/c33-23(25-15-21-29-27-19-7-3-1-5-13-31(19)21)17-9-11-18(12-10-17)24(34)26-16-22-30-28-20-8-4-2-6-14-32(20)22/h9-12H,1-8,13-16H2,(H,25,33)(H,26,34). The lowest BCUT2D eigenvalue weighted by Gasteiger charge is -2.10. The lowest BCUT2D eigenvalue weighted by atomic mass is 10.1. The average molecular weight is 463 g/mol. The first kappa shape index (κ1) is 22.2. The number of aromatic nitrogens is 6. The van der Waals surface area contributed by atoms with Crippen molar-refractivity contribution in [3.05, 3.63) is 58.7 Å². The zero-order valence-electron chi connectivity index (χ0n) is 19.3. The fourth-order valence-corrected chi connectivity index (χ4v) is 4.65. The minimum absolute atomic E-state index is 0.205. The summed E-state index contributed by atoms with van der Waals surface area (Å²) in [7, 11) is 0. The zero-order chi connectivity index (χ0) is 23.3. The Balaban J connectivity index is 1.15. The van der Waals surface area contributed by atoms with E-state index in [1.54, 1.807) is 24.3 Å². The second-order valence-electron chi connectivity index (χ2n) is 8.93. The molecule has 0 saturated heterocycles. The summed E-state index contributed by atoms with van der Waals surface area (Å²) < 4.78 is 4.24. The largest absolute Gasteiger partial charge is 0.345 e. The Morgan fingerprint density at radius 1 is 0.647 bits per heavy atom. The van der Waals surface area contributed by atoms with Crippen molar-refractivity contribution < 1.29 is 9.59 Å². The molecule has 0 radical (unpaired) electrons. The molecule has 2 aliphatic heterocycles. The van der Waals surface area contributed by atoms with Crippen molar-refractivity contribution in [3.8, 4) is 0 Å². The van der Waals surface area contributed by atoms with Gasteiger partial charge in [-0.3, -0.25) is 9.59 Å². The molecule has 2 amide bonds. The topological polar surface area (TPSA) is 120 Å². The van der Waals surface area contributed by atoms with Crippen LogP contribution in [0.3, 0.4) is 0 Å². The van der Waals surface area contributed by atoms with Gasteiger partial charge in [0.15, 0.2) is 11.6 Å². The van der Waals surface area contributed by atoms with Gasteiger partial charge in [0.1, 0.15) is 11.6 Å². The molecule has 0 bridgehead atoms. The summed E-state index contributed by atoms with van der Waals surface area (Å²) in [5, 5.41) is 22.9. The minimum Gasteiger partial charge on any atom is -0.345 e. The Morgan fingerprint density at radius 3 is 1.53 bits per heavy atom. The number of aryl methyl sites for hydroxylation is 2. The van der Waals surface area contributed by atoms with Crippen molar-refractivity contribution in [1.29, 1.82) is 0 Å². The van der Waals surface area contributed by atoms with Gasteiger partial charge in [0, 0.05) is 37.1 Å². The van der Waals surface area contributed by atoms with Gasteiger partial charge in [-0.05, 0) is 49.9 Å². The smallest absolute Gasteiger partial charge is 0.251 e. The van der Waals surface area contributed by atoms with Crippen LogP contribution in [-0.4, -0.2) is 41.3 Å². The van der Waals surface area contributed by atoms with Crippen molar-refractivity contribution in [3.63, 3.8) is 0 Å². The van der Waals surface area contributed by atoms with Crippen LogP contribution in [0.1, 0.15) is 82.5 Å². The van der Waals surface area contributed by atoms with Crippen LogP contribution in [0.5, 0.6) is 0 Å². The summed E-state index contributed by atoms with van der Waals surface area (Å²) in [5.74, 6) is 3.16. The van der Waals surface area contributed by atoms with E-state index in [1.165, 1.54) is 12.8 Å². The van der Waals surface area contributed by atoms with E-state index >= 15 is 0 Å². The summed E-state index contributed by atoms with van der Waals surface area (Å²) >= 11 is 0. The SMILES string of the molecule is O=C(NCc1nnc2n1CCCCC2)c1ccc(C(=O)NCc2nnc3n2CCCCC3)cc1. The van der Waals surface area contributed by atoms with Crippen LogP contribution >= 0.6 is 0 Å². The van der Waals surface area contributed by atoms with Crippen molar-refractivity contribution >= 4 is 11.8 Å². The van der Waals surface area contributed by atoms with Crippen LogP contribution in [0, 0.1) is 0 Å². The first-order valence-electron chi connectivity index (χ1n) is 12.2. The molecule has 178 valence electrons. The number of nitrogens with zero attached hydrogens (tertiary/aromatic N) is 6. The van der Waals surface area contributed by atoms with E-state index in [2.05, 4.69) is 40.2 Å². The zero-order valence-corrected chi connectivity index (χ0v) is 19.3. The molecule has 0 aliphatic carbocycles. The number of amides is 2. The molecule has 4 heterocycles. The highest BCUT2D eigenvalue weighted by atomic mass is 16.2. The summed E-state index contributed by atoms with van der Waals surface area (Å²) in [5.41, 5.74) is 0.991. The Morgan fingerprint density at radius 2 is 1.09 bits per heavy atom. The van der Waals surface area contributed by atoms with Gasteiger partial charge in [-0.25, -0.2) is 0 Å². The van der Waals surface area contributed by atoms with Gasteiger partial charge in [-0.1, -0.05) is 12.8 Å². The lowest BCUT2D eigenvalue weighted by Crippen LogP contribution is -2.26. The van der Waals surface area contributed by atoms with Gasteiger partial charge in [0.2, 0.25) is 0 Å². The first-order valence-corrected chi connectivity index (χ1v) is 12.2. The maximum Gasteiger partial charge on any atom is 0.251 e. The number of carbonyl (C=O) groups is 2. The minimum atomic E-state index is -0.205. The molecule has 10 heteroatoms. The summed E-state index contributed by atoms with van der Waals surface area (Å²) in [6.45, 7) is 2.46. The van der Waals surface area contributed by atoms with Crippen LogP contribution in [0.4, 0.5) is 0 Å². The van der Waals surface area contributed by atoms with Gasteiger partial charge in [0.25, 0.3) is 11.8 Å². The molecule has 1 aromatic carbocycles. The van der Waals surface area contributed by atoms with Crippen LogP contribution in [-0.2, 0) is 39.0 Å². The predicted molar refractivity (Wildman–Crippen MR) is 124 cm³/mol. The normalized spacial score (nSPS) is 15.5. The fraction of sp³-hybridized carbons (Fsp3) is 0.500. The molecule has 0 atom stereocenters. The van der Waals surface area contributed by atoms with Gasteiger partial charge in [-0.15, -0.1) is 20.4 Å². The highest BCUT2D eigenvalue weighted by Crippen LogP contribution is 2.16. The van der Waals surface area contributed by atoms with Gasteiger partial charge in [0.05, 0.1) is 13.1 Å². The maximum absolute atomic E-state index is 12.6. The molecule has 2 aromatic heterocycles. The molecule has 34 heavy (non-hydrogen) atoms. The highest BCUT2D eigenvalue weighted by molar-refractivity contribution is 5.97. The summed E-state index contributed by atoms with van der Waals surface area (Å²) in [6.07, 6.45) is 8.72. The number of carbonyl (C=O) groups excluding carboxylic acids is 2. The van der Waals surface area contributed by atoms with E-state index in [9.17, 15) is 9.59 Å². The number of benzene rings is 1. The molecule has 0 unspecified atom stereocenters. The fourth-order valence-electron chi connectivity index (χ4n) is 4.65. The van der Waals surface area contributed by atoms with E-state index in [0.717, 1.165) is 74.9 Å². The number of rotatable bonds is 6. The van der Waals surface area contributed by atoms with E-state index in [0.29, 0.717) is 24.2 Å². The summed E-state index contributed by atoms with van der Waals surface area (Å²) in [4.78, 5) is 25.2. The summed E-state index contributed by atoms with van der Waals surface area (Å²) in [6, 6.07) is 6.66. The third-order valence-electron chi connectivity index (χ3n) is 6.60. The van der Waals surface area contributed by atoms with Crippen molar-refractivity contribution in [2.24, 2.45) is 0 Å². The highest BCUT2D eigenvalue weighted by Gasteiger charge is 2.17. The third kappa shape index (κ3) is 4.85. The van der Waals surface area contributed by atoms with E-state index < -0.39 is 0 Å². The van der Waals surface area contributed by atoms with E-state index in [-0.39, 0.29) is 11.8 Å². The molecule has 0 fully saturated rings. The Labute approximate surface area is 198 Å². The molecular weight excluding hydrogens is 432 g/mol. The molecule has 2 aliphatic rings. The first-order chi connectivity index (χ1) is 16.7. The Hall–Kier alpha value is -3.56. The Bertz CT molecular complexity index is 1070. The van der Waals surface area contributed by atoms with Crippen LogP contribution in [0.2, 0.25) is 0 Å². The molecule has 0 saturated carbocycles. The van der Waals surface area contributed by atoms with E-state index in [1.807, 2.05) is 0 Å². The Kier molecular flexibility index (Phi) is 6.64. The molecule has 10 nitrogen and oxygen atoms in total. The third-order valence-corrected chi connectivity index (χ3v) is 6.60. The van der Waals surface area contributed by atoms with Crippen LogP contribution in [0.25, 0.3) is 0 Å². The van der Waals surface area contributed by atoms with Gasteiger partial charge >= 0.3 is 0 Å². The number of hydrogen-bond donors (Lipinski definition) is 2. The second-order valence-corrected chi connectivity index (χ2v) is 8.93. The number of fused-ring (bicyclic) bond motifs is 2. The van der Waals surface area contributed by atoms with Crippen LogP contribution in [0.15, 0.2) is 24.3 Å². The van der Waals surface area contributed by atoms with Gasteiger partial charge < -0.3 is 19.8 Å². The number of nitrogens with one attached hydrogen (secondary N) is 2. The molecule has 0 spiro atoms. The van der Waals surface area contributed by atoms with Crippen molar-refractivity contribution in [2.75, 3.05) is 0 Å². The second kappa shape index (κ2) is 10.1. The lowest BCUT2D eigenvalue weighted by molar-refractivity contribution is 0.0937. The quantitative estimate of drug-likeness (QED) is 0.579. The maximum atomic E-state index is 12.6. The molecular formula is C24H30N8O2. The van der Waals surface area contributed by atoms with Gasteiger partial charge in [-0.2, -0.15) is 0 Å². The predicted octanol–water partition coefficient (Wildman–Crippen LogP) is 2.18. The molecule has 3 aromatic rings. The van der Waals surface area contributed by atoms with Crippen molar-refractivity contribution in [1.82, 2.24) is 40.2 Å². The average Bonchev–Trinajstić information content (AvgIpc) is 3.23. The van der Waals surface area contributed by atoms with Crippen molar-refractivity contribution in [2.45, 2.75) is 77.5 Å². The molecule has 2 N–H and O–H groups in total. The van der Waals surface area contributed by atoms with E-state index in [4.69, 9.17) is 0 Å². The monoisotopic (exact) mass is 462 g/mol. The molecule has 5 rings (SSSR count). The van der Waals surface area contributed by atoms with Crippen LogP contribution < -0.4 is 10.6 Å². The number of hydrogen-bond acceptors (Lipinski definition) is 6.